The van der Waals surface area contributed by atoms with Crippen molar-refractivity contribution < 1.29 is 23.1 Å². The Morgan fingerprint density at radius 3 is 2.66 bits per heavy atom. The maximum atomic E-state index is 13.0. The summed E-state index contributed by atoms with van der Waals surface area (Å²) >= 11 is 0. The summed E-state index contributed by atoms with van der Waals surface area (Å²) in [6.45, 7) is 2.41. The molecule has 2 heterocycles. The van der Waals surface area contributed by atoms with Crippen LogP contribution in [0, 0.1) is 0 Å². The van der Waals surface area contributed by atoms with Gasteiger partial charge in [-0.3, -0.25) is 9.71 Å². The number of hydrogen-bond donors (Lipinski definition) is 2. The number of ether oxygens (including phenoxy) is 1. The third-order valence-electron chi connectivity index (χ3n) is 4.75. The van der Waals surface area contributed by atoms with Gasteiger partial charge in [0.15, 0.2) is 0 Å². The van der Waals surface area contributed by atoms with Gasteiger partial charge in [0.25, 0.3) is 10.0 Å². The Hall–Kier alpha value is -3.17. The van der Waals surface area contributed by atoms with Gasteiger partial charge in [-0.1, -0.05) is 6.07 Å². The number of nitrogens with one attached hydrogen (secondary N) is 1. The third-order valence-corrected chi connectivity index (χ3v) is 6.17. The molecule has 0 spiro atoms. The van der Waals surface area contributed by atoms with Gasteiger partial charge < -0.3 is 14.7 Å². The number of carboxylic acids is 1. The average molecular weight is 413 g/mol. The van der Waals surface area contributed by atoms with Crippen molar-refractivity contribution in [2.45, 2.75) is 4.90 Å². The van der Waals surface area contributed by atoms with Crippen molar-refractivity contribution in [3.63, 3.8) is 0 Å². The Balaban J connectivity index is 1.71. The standard InChI is InChI=1S/C20H19N3O5S/c24-20(25)16-13-14(23-9-11-28-12-10-23)6-7-18(16)22-29(26,27)19-5-1-4-17-15(19)3-2-8-21-17/h1-8,13,22H,9-12H2,(H,24,25). The van der Waals surface area contributed by atoms with Gasteiger partial charge in [0.1, 0.15) is 0 Å². The van der Waals surface area contributed by atoms with E-state index in [9.17, 15) is 18.3 Å². The maximum absolute atomic E-state index is 13.0. The molecule has 0 bridgehead atoms. The van der Waals surface area contributed by atoms with Crippen LogP contribution in [0.3, 0.4) is 0 Å². The van der Waals surface area contributed by atoms with E-state index in [1.54, 1.807) is 36.5 Å². The smallest absolute Gasteiger partial charge is 0.337 e. The zero-order valence-corrected chi connectivity index (χ0v) is 16.2. The molecule has 9 heteroatoms. The molecule has 1 saturated heterocycles. The summed E-state index contributed by atoms with van der Waals surface area (Å²) in [7, 11) is -4.02. The minimum atomic E-state index is -4.02. The van der Waals surface area contributed by atoms with Gasteiger partial charge >= 0.3 is 5.97 Å². The molecule has 0 unspecified atom stereocenters. The van der Waals surface area contributed by atoms with Crippen LogP contribution in [0.25, 0.3) is 10.9 Å². The first-order valence-electron chi connectivity index (χ1n) is 9.02. The zero-order valence-electron chi connectivity index (χ0n) is 15.4. The summed E-state index contributed by atoms with van der Waals surface area (Å²) in [6.07, 6.45) is 1.58. The highest BCUT2D eigenvalue weighted by Crippen LogP contribution is 2.28. The van der Waals surface area contributed by atoms with Crippen LogP contribution in [-0.4, -0.2) is 50.8 Å². The molecule has 2 N–H and O–H groups in total. The van der Waals surface area contributed by atoms with Crippen LogP contribution in [0.15, 0.2) is 59.6 Å². The first kappa shape index (κ1) is 19.2. The van der Waals surface area contributed by atoms with E-state index in [0.717, 1.165) is 0 Å². The minimum absolute atomic E-state index is 0.00963. The molecule has 8 nitrogen and oxygen atoms in total. The minimum Gasteiger partial charge on any atom is -0.478 e. The third kappa shape index (κ3) is 3.87. The number of rotatable bonds is 5. The molecule has 0 aliphatic carbocycles. The Kier molecular flexibility index (Phi) is 5.08. The fourth-order valence-electron chi connectivity index (χ4n) is 3.33. The highest BCUT2D eigenvalue weighted by Gasteiger charge is 2.22. The Morgan fingerprint density at radius 1 is 1.10 bits per heavy atom. The second-order valence-corrected chi connectivity index (χ2v) is 8.22. The quantitative estimate of drug-likeness (QED) is 0.662. The summed E-state index contributed by atoms with van der Waals surface area (Å²) in [5.74, 6) is -1.21. The topological polar surface area (TPSA) is 109 Å². The molecule has 0 saturated carbocycles. The van der Waals surface area contributed by atoms with Gasteiger partial charge in [-0.2, -0.15) is 0 Å². The predicted molar refractivity (Wildman–Crippen MR) is 109 cm³/mol. The van der Waals surface area contributed by atoms with Crippen molar-refractivity contribution in [2.24, 2.45) is 0 Å². The van der Waals surface area contributed by atoms with Crippen molar-refractivity contribution in [1.29, 1.82) is 0 Å². The van der Waals surface area contributed by atoms with Crippen LogP contribution in [0.2, 0.25) is 0 Å². The summed E-state index contributed by atoms with van der Waals surface area (Å²) in [6, 6.07) is 12.8. The van der Waals surface area contributed by atoms with Crippen molar-refractivity contribution in [2.75, 3.05) is 35.9 Å². The Bertz CT molecular complexity index is 1170. The van der Waals surface area contributed by atoms with E-state index in [2.05, 4.69) is 9.71 Å². The van der Waals surface area contributed by atoms with E-state index in [1.807, 2.05) is 4.90 Å². The molecule has 1 fully saturated rings. The molecule has 4 rings (SSSR count). The van der Waals surface area contributed by atoms with Crippen LogP contribution in [0.5, 0.6) is 0 Å². The van der Waals surface area contributed by atoms with Crippen molar-refractivity contribution in [3.8, 4) is 0 Å². The monoisotopic (exact) mass is 413 g/mol. The highest BCUT2D eigenvalue weighted by atomic mass is 32.2. The summed E-state index contributed by atoms with van der Waals surface area (Å²) in [5.41, 5.74) is 1.14. The van der Waals surface area contributed by atoms with Crippen LogP contribution in [0.4, 0.5) is 11.4 Å². The Morgan fingerprint density at radius 2 is 1.90 bits per heavy atom. The van der Waals surface area contributed by atoms with E-state index in [1.165, 1.54) is 18.2 Å². The molecule has 3 aromatic rings. The predicted octanol–water partition coefficient (Wildman–Crippen LogP) is 2.57. The fraction of sp³-hybridized carbons (Fsp3) is 0.200. The van der Waals surface area contributed by atoms with E-state index in [-0.39, 0.29) is 16.1 Å². The number of anilines is 2. The van der Waals surface area contributed by atoms with Gasteiger partial charge in [0, 0.05) is 30.4 Å². The molecule has 1 aliphatic rings. The second kappa shape index (κ2) is 7.69. The molecular weight excluding hydrogens is 394 g/mol. The lowest BCUT2D eigenvalue weighted by Crippen LogP contribution is -2.36. The number of nitrogens with zero attached hydrogens (tertiary/aromatic N) is 2. The molecular formula is C20H19N3O5S. The molecule has 1 aliphatic heterocycles. The first-order chi connectivity index (χ1) is 14.0. The summed E-state index contributed by atoms with van der Waals surface area (Å²) in [4.78, 5) is 18.0. The number of fused-ring (bicyclic) bond motifs is 1. The average Bonchev–Trinajstić information content (AvgIpc) is 2.74. The summed E-state index contributed by atoms with van der Waals surface area (Å²) in [5, 5.41) is 10.1. The number of sulfonamides is 1. The molecule has 29 heavy (non-hydrogen) atoms. The lowest BCUT2D eigenvalue weighted by atomic mass is 10.1. The number of hydrogen-bond acceptors (Lipinski definition) is 6. The van der Waals surface area contributed by atoms with E-state index in [0.29, 0.717) is 42.9 Å². The lowest BCUT2D eigenvalue weighted by molar-refractivity contribution is 0.0698. The molecule has 2 aromatic carbocycles. The number of benzene rings is 2. The van der Waals surface area contributed by atoms with Crippen molar-refractivity contribution in [1.82, 2.24) is 4.98 Å². The molecule has 0 atom stereocenters. The number of carbonyl (C=O) groups is 1. The number of carboxylic acid groups (broad SMARTS) is 1. The zero-order chi connectivity index (χ0) is 20.4. The van der Waals surface area contributed by atoms with Crippen molar-refractivity contribution >= 4 is 38.3 Å². The lowest BCUT2D eigenvalue weighted by Gasteiger charge is -2.29. The Labute approximate surface area is 167 Å². The molecule has 150 valence electrons. The fourth-order valence-corrected chi connectivity index (χ4v) is 4.62. The SMILES string of the molecule is O=C(O)c1cc(N2CCOCC2)ccc1NS(=O)(=O)c1cccc2ncccc12. The van der Waals surface area contributed by atoms with Gasteiger partial charge in [0.05, 0.1) is 34.9 Å². The van der Waals surface area contributed by atoms with E-state index in [4.69, 9.17) is 4.74 Å². The van der Waals surface area contributed by atoms with Crippen LogP contribution in [-0.2, 0) is 14.8 Å². The maximum Gasteiger partial charge on any atom is 0.337 e. The molecule has 1 aromatic heterocycles. The van der Waals surface area contributed by atoms with Gasteiger partial charge in [-0.15, -0.1) is 0 Å². The van der Waals surface area contributed by atoms with E-state index < -0.39 is 16.0 Å². The highest BCUT2D eigenvalue weighted by molar-refractivity contribution is 7.93. The number of aromatic nitrogens is 1. The molecule has 0 radical (unpaired) electrons. The van der Waals surface area contributed by atoms with Gasteiger partial charge in [-0.05, 0) is 42.5 Å². The van der Waals surface area contributed by atoms with E-state index >= 15 is 0 Å². The van der Waals surface area contributed by atoms with Gasteiger partial charge in [0.2, 0.25) is 0 Å². The first-order valence-corrected chi connectivity index (χ1v) is 10.5. The normalized spacial score (nSPS) is 14.7. The van der Waals surface area contributed by atoms with Crippen LogP contribution < -0.4 is 9.62 Å². The van der Waals surface area contributed by atoms with Crippen molar-refractivity contribution in [3.05, 3.63) is 60.3 Å². The number of morpholine rings is 1. The second-order valence-electron chi connectivity index (χ2n) is 6.57. The largest absolute Gasteiger partial charge is 0.478 e. The van der Waals surface area contributed by atoms with Gasteiger partial charge in [-0.25, -0.2) is 13.2 Å². The van der Waals surface area contributed by atoms with Crippen LogP contribution in [0.1, 0.15) is 10.4 Å². The summed E-state index contributed by atoms with van der Waals surface area (Å²) < 4.78 is 33.8. The number of aromatic carboxylic acids is 1. The van der Waals surface area contributed by atoms with Crippen LogP contribution >= 0.6 is 0 Å². The number of pyridine rings is 1. The molecule has 0 amide bonds.